The zero-order valence-corrected chi connectivity index (χ0v) is 32.4. The summed E-state index contributed by atoms with van der Waals surface area (Å²) in [6.07, 6.45) is 55.5. The number of hydrogen-bond donors (Lipinski definition) is 1. The van der Waals surface area contributed by atoms with Crippen LogP contribution in [0.3, 0.4) is 0 Å². The van der Waals surface area contributed by atoms with Gasteiger partial charge in [0, 0.05) is 25.9 Å². The Morgan fingerprint density at radius 1 is 0.583 bits per heavy atom. The van der Waals surface area contributed by atoms with Crippen LogP contribution in [-0.4, -0.2) is 42.0 Å². The standard InChI is InChI=1S/C45H81NO2/c1-4-6-8-10-12-14-16-18-20-22-24-26-28-30-32-35-44(37-39-45(47,40-38-44)48-43-34-41-46(3)42-43)36-33-31-29-27-25-23-21-19-17-15-13-11-9-7-5-2/h10,12-13,15-19,43,47H,4-9,11,14,20-42H2,1-3H3/b12-10+,15-13+,18-16-,19-17-. The first-order chi connectivity index (χ1) is 23.5. The highest BCUT2D eigenvalue weighted by Crippen LogP contribution is 2.48. The highest BCUT2D eigenvalue weighted by Gasteiger charge is 2.43. The lowest BCUT2D eigenvalue weighted by Gasteiger charge is -2.45. The number of rotatable bonds is 30. The summed E-state index contributed by atoms with van der Waals surface area (Å²) in [5.74, 6) is -0.890. The molecule has 0 aromatic carbocycles. The summed E-state index contributed by atoms with van der Waals surface area (Å²) >= 11 is 0. The van der Waals surface area contributed by atoms with Gasteiger partial charge in [-0.2, -0.15) is 0 Å². The maximum absolute atomic E-state index is 11.4. The second kappa shape index (κ2) is 28.5. The minimum Gasteiger partial charge on any atom is -0.365 e. The van der Waals surface area contributed by atoms with Crippen LogP contribution in [0.5, 0.6) is 0 Å². The number of hydrogen-bond acceptors (Lipinski definition) is 3. The van der Waals surface area contributed by atoms with Gasteiger partial charge < -0.3 is 14.7 Å². The van der Waals surface area contributed by atoms with E-state index in [2.05, 4.69) is 74.4 Å². The van der Waals surface area contributed by atoms with Gasteiger partial charge >= 0.3 is 0 Å². The van der Waals surface area contributed by atoms with Crippen molar-refractivity contribution in [3.8, 4) is 0 Å². The van der Waals surface area contributed by atoms with Crippen molar-refractivity contribution in [3.63, 3.8) is 0 Å². The van der Waals surface area contributed by atoms with Crippen LogP contribution in [0.25, 0.3) is 0 Å². The summed E-state index contributed by atoms with van der Waals surface area (Å²) in [5, 5.41) is 11.4. The summed E-state index contributed by atoms with van der Waals surface area (Å²) in [6, 6.07) is 0. The molecule has 2 fully saturated rings. The molecule has 0 aromatic rings. The fraction of sp³-hybridized carbons (Fsp3) is 0.822. The second-order valence-corrected chi connectivity index (χ2v) is 15.7. The monoisotopic (exact) mass is 668 g/mol. The first-order valence-corrected chi connectivity index (χ1v) is 21.2. The maximum Gasteiger partial charge on any atom is 0.165 e. The molecule has 1 unspecified atom stereocenters. The average molecular weight is 668 g/mol. The molecule has 2 aliphatic rings. The first kappa shape index (κ1) is 43.0. The minimum absolute atomic E-state index is 0.206. The molecule has 0 radical (unpaired) electrons. The van der Waals surface area contributed by atoms with Gasteiger partial charge in [0.05, 0.1) is 6.10 Å². The zero-order chi connectivity index (χ0) is 34.4. The fourth-order valence-electron chi connectivity index (χ4n) is 7.84. The molecule has 1 aliphatic carbocycles. The second-order valence-electron chi connectivity index (χ2n) is 15.7. The molecule has 3 nitrogen and oxygen atoms in total. The van der Waals surface area contributed by atoms with Crippen LogP contribution in [0.1, 0.15) is 200 Å². The van der Waals surface area contributed by atoms with Gasteiger partial charge in [0.1, 0.15) is 0 Å². The van der Waals surface area contributed by atoms with E-state index >= 15 is 0 Å². The average Bonchev–Trinajstić information content (AvgIpc) is 3.49. The van der Waals surface area contributed by atoms with Crippen LogP contribution in [0.15, 0.2) is 48.6 Å². The lowest BCUT2D eigenvalue weighted by Crippen LogP contribution is -2.44. The number of unbranched alkanes of at least 4 members (excludes halogenated alkanes) is 17. The van der Waals surface area contributed by atoms with E-state index < -0.39 is 5.79 Å². The van der Waals surface area contributed by atoms with Crippen LogP contribution in [0, 0.1) is 5.41 Å². The van der Waals surface area contributed by atoms with E-state index in [9.17, 15) is 5.11 Å². The third-order valence-corrected chi connectivity index (χ3v) is 11.2. The van der Waals surface area contributed by atoms with Gasteiger partial charge in [0.25, 0.3) is 0 Å². The molecule has 1 heterocycles. The molecule has 0 amide bonds. The molecule has 48 heavy (non-hydrogen) atoms. The van der Waals surface area contributed by atoms with Crippen molar-refractivity contribution in [1.82, 2.24) is 4.90 Å². The van der Waals surface area contributed by atoms with Crippen molar-refractivity contribution in [2.75, 3.05) is 20.1 Å². The number of nitrogens with zero attached hydrogens (tertiary/aromatic N) is 1. The Kier molecular flexibility index (Phi) is 25.6. The van der Waals surface area contributed by atoms with Crippen molar-refractivity contribution in [3.05, 3.63) is 48.6 Å². The van der Waals surface area contributed by atoms with Crippen molar-refractivity contribution in [1.29, 1.82) is 0 Å². The van der Waals surface area contributed by atoms with E-state index in [-0.39, 0.29) is 6.10 Å². The Hall–Kier alpha value is -1.16. The number of allylic oxidation sites excluding steroid dienone is 8. The molecular weight excluding hydrogens is 587 g/mol. The van der Waals surface area contributed by atoms with Crippen molar-refractivity contribution < 1.29 is 9.84 Å². The molecule has 1 saturated heterocycles. The van der Waals surface area contributed by atoms with E-state index in [0.29, 0.717) is 5.41 Å². The fourth-order valence-corrected chi connectivity index (χ4v) is 7.84. The molecule has 1 saturated carbocycles. The molecule has 1 aliphatic heterocycles. The van der Waals surface area contributed by atoms with Crippen LogP contribution < -0.4 is 0 Å². The quantitative estimate of drug-likeness (QED) is 0.0358. The Morgan fingerprint density at radius 2 is 1.06 bits per heavy atom. The van der Waals surface area contributed by atoms with Gasteiger partial charge in [-0.3, -0.25) is 0 Å². The maximum atomic E-state index is 11.4. The van der Waals surface area contributed by atoms with Crippen LogP contribution >= 0.6 is 0 Å². The summed E-state index contributed by atoms with van der Waals surface area (Å²) in [5.41, 5.74) is 0.423. The molecule has 1 atom stereocenters. The van der Waals surface area contributed by atoms with E-state index in [0.717, 1.165) is 51.6 Å². The van der Waals surface area contributed by atoms with Crippen molar-refractivity contribution >= 4 is 0 Å². The Bertz CT molecular complexity index is 849. The topological polar surface area (TPSA) is 32.7 Å². The van der Waals surface area contributed by atoms with Gasteiger partial charge in [0.15, 0.2) is 5.79 Å². The number of aliphatic hydroxyl groups is 1. The van der Waals surface area contributed by atoms with Gasteiger partial charge in [-0.25, -0.2) is 0 Å². The van der Waals surface area contributed by atoms with Gasteiger partial charge in [0.2, 0.25) is 0 Å². The molecule has 0 spiro atoms. The Balaban J connectivity index is 1.63. The highest BCUT2D eigenvalue weighted by atomic mass is 16.6. The Morgan fingerprint density at radius 3 is 1.58 bits per heavy atom. The molecule has 278 valence electrons. The summed E-state index contributed by atoms with van der Waals surface area (Å²) in [6.45, 7) is 6.58. The Labute approximate surface area is 300 Å². The third kappa shape index (κ3) is 21.8. The summed E-state index contributed by atoms with van der Waals surface area (Å²) < 4.78 is 6.36. The molecule has 0 bridgehead atoms. The van der Waals surface area contributed by atoms with E-state index in [1.54, 1.807) is 0 Å². The van der Waals surface area contributed by atoms with Gasteiger partial charge in [-0.05, 0) is 95.9 Å². The normalized spacial score (nSPS) is 24.0. The molecule has 2 rings (SSSR count). The highest BCUT2D eigenvalue weighted by molar-refractivity contribution is 5.02. The molecule has 0 aromatic heterocycles. The zero-order valence-electron chi connectivity index (χ0n) is 32.4. The van der Waals surface area contributed by atoms with Crippen LogP contribution in [-0.2, 0) is 4.74 Å². The number of likely N-dealkylation sites (N-methyl/N-ethyl adjacent to an activating group) is 1. The minimum atomic E-state index is -0.890. The molecule has 1 N–H and O–H groups in total. The van der Waals surface area contributed by atoms with Crippen LogP contribution in [0.2, 0.25) is 0 Å². The predicted molar refractivity (Wildman–Crippen MR) is 212 cm³/mol. The molecular formula is C45H81NO2. The van der Waals surface area contributed by atoms with E-state index in [1.165, 1.54) is 148 Å². The third-order valence-electron chi connectivity index (χ3n) is 11.2. The van der Waals surface area contributed by atoms with Crippen molar-refractivity contribution in [2.45, 2.75) is 212 Å². The first-order valence-electron chi connectivity index (χ1n) is 21.2. The smallest absolute Gasteiger partial charge is 0.165 e. The lowest BCUT2D eigenvalue weighted by molar-refractivity contribution is -0.253. The predicted octanol–water partition coefficient (Wildman–Crippen LogP) is 13.6. The summed E-state index contributed by atoms with van der Waals surface area (Å²) in [7, 11) is 2.16. The molecule has 3 heteroatoms. The van der Waals surface area contributed by atoms with Gasteiger partial charge in [-0.1, -0.05) is 152 Å². The lowest BCUT2D eigenvalue weighted by atomic mass is 9.66. The number of ether oxygens (including phenoxy) is 1. The number of likely N-dealkylation sites (tertiary alicyclic amines) is 1. The SMILES string of the molecule is CCCC/C=C/C/C=C\CCCCCCCCC1(CCCCCCCC/C=C\C=C\CCCCC)CCC(O)(OC2CCN(C)C2)CC1. The van der Waals surface area contributed by atoms with Crippen molar-refractivity contribution in [2.24, 2.45) is 5.41 Å². The van der Waals surface area contributed by atoms with Crippen LogP contribution in [0.4, 0.5) is 0 Å². The largest absolute Gasteiger partial charge is 0.365 e. The van der Waals surface area contributed by atoms with E-state index in [1.807, 2.05) is 0 Å². The summed E-state index contributed by atoms with van der Waals surface area (Å²) in [4.78, 5) is 2.33. The van der Waals surface area contributed by atoms with E-state index in [4.69, 9.17) is 4.74 Å². The van der Waals surface area contributed by atoms with Gasteiger partial charge in [-0.15, -0.1) is 0 Å².